The number of methoxy groups -OCH3 is 1. The molecular formula is C12H15N3O5S. The minimum absolute atomic E-state index is 0.0452. The van der Waals surface area contributed by atoms with Gasteiger partial charge >= 0.3 is 0 Å². The lowest BCUT2D eigenvalue weighted by Gasteiger charge is -2.12. The Morgan fingerprint density at radius 3 is 2.81 bits per heavy atom. The van der Waals surface area contributed by atoms with E-state index in [-0.39, 0.29) is 18.2 Å². The number of hydrogen-bond acceptors (Lipinski definition) is 6. The monoisotopic (exact) mass is 313 g/mol. The standard InChI is InChI=1S/C12H15N3O5S/c1-19-10-3-2-9(6-11(10)20-5-4-16)15-21(17,18)12-7-13-8-14-12/h2-3,6-8,15-16H,4-5H2,1H3,(H,13,14). The maximum atomic E-state index is 12.0. The fourth-order valence-corrected chi connectivity index (χ4v) is 2.56. The van der Waals surface area contributed by atoms with E-state index in [0.717, 1.165) is 0 Å². The zero-order valence-electron chi connectivity index (χ0n) is 11.2. The molecule has 0 aliphatic rings. The first kappa shape index (κ1) is 15.1. The van der Waals surface area contributed by atoms with Crippen molar-refractivity contribution in [3.63, 3.8) is 0 Å². The number of aromatic amines is 1. The van der Waals surface area contributed by atoms with E-state index in [0.29, 0.717) is 17.2 Å². The van der Waals surface area contributed by atoms with Crippen LogP contribution in [0.1, 0.15) is 0 Å². The van der Waals surface area contributed by atoms with Gasteiger partial charge < -0.3 is 19.6 Å². The van der Waals surface area contributed by atoms with Crippen LogP contribution < -0.4 is 14.2 Å². The van der Waals surface area contributed by atoms with Crippen LogP contribution >= 0.6 is 0 Å². The number of nitrogens with one attached hydrogen (secondary N) is 2. The largest absolute Gasteiger partial charge is 0.493 e. The van der Waals surface area contributed by atoms with Crippen LogP contribution in [0.3, 0.4) is 0 Å². The summed E-state index contributed by atoms with van der Waals surface area (Å²) in [5.41, 5.74) is 0.304. The molecule has 1 aromatic carbocycles. The average Bonchev–Trinajstić information content (AvgIpc) is 3.00. The number of rotatable bonds is 7. The molecule has 0 radical (unpaired) electrons. The highest BCUT2D eigenvalue weighted by molar-refractivity contribution is 7.92. The predicted octanol–water partition coefficient (Wildman–Crippen LogP) is 0.590. The summed E-state index contributed by atoms with van der Waals surface area (Å²) in [6.07, 6.45) is 2.48. The minimum atomic E-state index is -3.74. The van der Waals surface area contributed by atoms with E-state index in [1.165, 1.54) is 25.7 Å². The fourth-order valence-electron chi connectivity index (χ4n) is 1.61. The smallest absolute Gasteiger partial charge is 0.278 e. The summed E-state index contributed by atoms with van der Waals surface area (Å²) in [7, 11) is -2.27. The summed E-state index contributed by atoms with van der Waals surface area (Å²) < 4.78 is 36.9. The van der Waals surface area contributed by atoms with Gasteiger partial charge in [0.2, 0.25) is 0 Å². The van der Waals surface area contributed by atoms with E-state index < -0.39 is 10.0 Å². The van der Waals surface area contributed by atoms with Crippen molar-refractivity contribution in [2.75, 3.05) is 25.0 Å². The van der Waals surface area contributed by atoms with Crippen molar-refractivity contribution in [1.82, 2.24) is 9.97 Å². The Balaban J connectivity index is 2.24. The molecule has 0 amide bonds. The molecule has 0 bridgehead atoms. The number of ether oxygens (including phenoxy) is 2. The van der Waals surface area contributed by atoms with Crippen LogP contribution in [0.4, 0.5) is 5.69 Å². The van der Waals surface area contributed by atoms with E-state index in [1.54, 1.807) is 12.1 Å². The molecule has 0 fully saturated rings. The molecule has 1 aromatic heterocycles. The Labute approximate surface area is 121 Å². The molecular weight excluding hydrogens is 298 g/mol. The molecule has 0 aliphatic heterocycles. The van der Waals surface area contributed by atoms with E-state index in [1.807, 2.05) is 0 Å². The number of aliphatic hydroxyl groups excluding tert-OH is 1. The first-order valence-electron chi connectivity index (χ1n) is 5.99. The van der Waals surface area contributed by atoms with Crippen LogP contribution in [0.2, 0.25) is 0 Å². The topological polar surface area (TPSA) is 114 Å². The number of sulfonamides is 1. The van der Waals surface area contributed by atoms with Crippen molar-refractivity contribution in [2.45, 2.75) is 5.03 Å². The van der Waals surface area contributed by atoms with Gasteiger partial charge in [0.25, 0.3) is 10.0 Å². The molecule has 8 nitrogen and oxygen atoms in total. The molecule has 2 aromatic rings. The second-order valence-corrected chi connectivity index (χ2v) is 5.61. The highest BCUT2D eigenvalue weighted by atomic mass is 32.2. The summed E-state index contributed by atoms with van der Waals surface area (Å²) in [6.45, 7) is -0.0830. The molecule has 3 N–H and O–H groups in total. The highest BCUT2D eigenvalue weighted by Crippen LogP contribution is 2.30. The average molecular weight is 313 g/mol. The van der Waals surface area contributed by atoms with Crippen LogP contribution in [-0.4, -0.2) is 43.8 Å². The van der Waals surface area contributed by atoms with Crippen molar-refractivity contribution < 1.29 is 23.0 Å². The van der Waals surface area contributed by atoms with Gasteiger partial charge in [-0.2, -0.15) is 8.42 Å². The van der Waals surface area contributed by atoms with Gasteiger partial charge in [-0.1, -0.05) is 0 Å². The zero-order valence-corrected chi connectivity index (χ0v) is 12.1. The number of H-pyrrole nitrogens is 1. The van der Waals surface area contributed by atoms with E-state index >= 15 is 0 Å². The van der Waals surface area contributed by atoms with Gasteiger partial charge in [0.15, 0.2) is 16.5 Å². The van der Waals surface area contributed by atoms with Gasteiger partial charge in [-0.15, -0.1) is 0 Å². The lowest BCUT2D eigenvalue weighted by molar-refractivity contribution is 0.196. The summed E-state index contributed by atoms with van der Waals surface area (Å²) in [5.74, 6) is 0.768. The molecule has 9 heteroatoms. The van der Waals surface area contributed by atoms with Gasteiger partial charge in [0.1, 0.15) is 6.61 Å². The second-order valence-electron chi connectivity index (χ2n) is 3.96. The van der Waals surface area contributed by atoms with Gasteiger partial charge in [0.05, 0.1) is 31.9 Å². The number of anilines is 1. The third-order valence-electron chi connectivity index (χ3n) is 2.53. The summed E-state index contributed by atoms with van der Waals surface area (Å²) in [6, 6.07) is 4.58. The molecule has 0 spiro atoms. The summed E-state index contributed by atoms with van der Waals surface area (Å²) >= 11 is 0. The second kappa shape index (κ2) is 6.46. The molecule has 0 unspecified atom stereocenters. The number of imidazole rings is 1. The first-order valence-corrected chi connectivity index (χ1v) is 7.48. The Morgan fingerprint density at radius 1 is 1.38 bits per heavy atom. The van der Waals surface area contributed by atoms with E-state index in [9.17, 15) is 8.42 Å². The van der Waals surface area contributed by atoms with Crippen molar-refractivity contribution in [2.24, 2.45) is 0 Å². The Morgan fingerprint density at radius 2 is 2.19 bits per heavy atom. The number of aromatic nitrogens is 2. The first-order chi connectivity index (χ1) is 10.1. The van der Waals surface area contributed by atoms with Crippen molar-refractivity contribution in [3.05, 3.63) is 30.7 Å². The molecule has 114 valence electrons. The highest BCUT2D eigenvalue weighted by Gasteiger charge is 2.16. The molecule has 0 saturated heterocycles. The lowest BCUT2D eigenvalue weighted by atomic mass is 10.3. The van der Waals surface area contributed by atoms with Crippen LogP contribution in [0.15, 0.2) is 35.7 Å². The van der Waals surface area contributed by atoms with Crippen LogP contribution in [0.25, 0.3) is 0 Å². The Hall–Kier alpha value is -2.26. The Kier molecular flexibility index (Phi) is 4.66. The van der Waals surface area contributed by atoms with Gasteiger partial charge in [-0.05, 0) is 12.1 Å². The third-order valence-corrected chi connectivity index (χ3v) is 3.83. The van der Waals surface area contributed by atoms with Crippen molar-refractivity contribution >= 4 is 15.7 Å². The van der Waals surface area contributed by atoms with E-state index in [4.69, 9.17) is 14.6 Å². The molecule has 0 saturated carbocycles. The van der Waals surface area contributed by atoms with Gasteiger partial charge in [-0.25, -0.2) is 4.98 Å². The number of benzene rings is 1. The molecule has 2 rings (SSSR count). The number of hydrogen-bond donors (Lipinski definition) is 3. The van der Waals surface area contributed by atoms with Crippen LogP contribution in [0, 0.1) is 0 Å². The van der Waals surface area contributed by atoms with Gasteiger partial charge in [0, 0.05) is 6.07 Å². The summed E-state index contributed by atoms with van der Waals surface area (Å²) in [4.78, 5) is 6.19. The minimum Gasteiger partial charge on any atom is -0.493 e. The Bertz CT molecular complexity index is 685. The number of aliphatic hydroxyl groups is 1. The fraction of sp³-hybridized carbons (Fsp3) is 0.250. The normalized spacial score (nSPS) is 11.1. The zero-order chi connectivity index (χ0) is 15.3. The molecule has 0 aliphatic carbocycles. The maximum Gasteiger partial charge on any atom is 0.278 e. The van der Waals surface area contributed by atoms with Crippen LogP contribution in [-0.2, 0) is 10.0 Å². The predicted molar refractivity (Wildman–Crippen MR) is 75.0 cm³/mol. The van der Waals surface area contributed by atoms with Crippen molar-refractivity contribution in [1.29, 1.82) is 0 Å². The van der Waals surface area contributed by atoms with E-state index in [2.05, 4.69) is 14.7 Å². The van der Waals surface area contributed by atoms with Gasteiger partial charge in [-0.3, -0.25) is 4.72 Å². The number of nitrogens with zero attached hydrogens (tertiary/aromatic N) is 1. The molecule has 21 heavy (non-hydrogen) atoms. The van der Waals surface area contributed by atoms with Crippen molar-refractivity contribution in [3.8, 4) is 11.5 Å². The lowest BCUT2D eigenvalue weighted by Crippen LogP contribution is -2.13. The summed E-state index contributed by atoms with van der Waals surface area (Å²) in [5, 5.41) is 8.74. The quantitative estimate of drug-likeness (QED) is 0.689. The third kappa shape index (κ3) is 3.64. The molecule has 1 heterocycles. The van der Waals surface area contributed by atoms with Crippen LogP contribution in [0.5, 0.6) is 11.5 Å². The molecule has 0 atom stereocenters. The SMILES string of the molecule is COc1ccc(NS(=O)(=O)c2cnc[nH]2)cc1OCCO. The maximum absolute atomic E-state index is 12.0.